The minimum atomic E-state index is -0.616. The minimum absolute atomic E-state index is 0.000599. The van der Waals surface area contributed by atoms with Gasteiger partial charge in [0.15, 0.2) is 0 Å². The molecule has 7 nitrogen and oxygen atoms in total. The molecule has 0 atom stereocenters. The third-order valence-corrected chi connectivity index (χ3v) is 4.24. The fraction of sp³-hybridized carbons (Fsp3) is 0.158. The molecular weight excluding hydrogens is 370 g/mol. The van der Waals surface area contributed by atoms with Crippen LogP contribution in [0.25, 0.3) is 6.08 Å². The Hall–Kier alpha value is -3.19. The lowest BCUT2D eigenvalue weighted by Gasteiger charge is -2.04. The molecule has 2 aromatic carbocycles. The van der Waals surface area contributed by atoms with Gasteiger partial charge in [0.1, 0.15) is 5.02 Å². The predicted octanol–water partition coefficient (Wildman–Crippen LogP) is 3.79. The van der Waals surface area contributed by atoms with E-state index < -0.39 is 10.8 Å². The Balaban J connectivity index is 1.60. The smallest absolute Gasteiger partial charge is 0.289 e. The molecule has 1 fully saturated rings. The summed E-state index contributed by atoms with van der Waals surface area (Å²) in [5, 5.41) is 16.3. The van der Waals surface area contributed by atoms with Gasteiger partial charge in [-0.25, -0.2) is 0 Å². The molecule has 138 valence electrons. The predicted molar refractivity (Wildman–Crippen MR) is 103 cm³/mol. The van der Waals surface area contributed by atoms with Gasteiger partial charge in [0.25, 0.3) is 11.6 Å². The fourth-order valence-electron chi connectivity index (χ4n) is 2.33. The number of nitrogens with zero attached hydrogens (tertiary/aromatic N) is 1. The van der Waals surface area contributed by atoms with Gasteiger partial charge in [-0.2, -0.15) is 0 Å². The number of halogens is 1. The second kappa shape index (κ2) is 8.01. The summed E-state index contributed by atoms with van der Waals surface area (Å²) in [4.78, 5) is 34.2. The Bertz CT molecular complexity index is 921. The van der Waals surface area contributed by atoms with E-state index >= 15 is 0 Å². The number of nitro benzene ring substituents is 1. The Kier molecular flexibility index (Phi) is 5.52. The summed E-state index contributed by atoms with van der Waals surface area (Å²) < 4.78 is 0. The molecule has 0 bridgehead atoms. The van der Waals surface area contributed by atoms with Crippen LogP contribution in [-0.2, 0) is 4.79 Å². The van der Waals surface area contributed by atoms with Crippen molar-refractivity contribution in [2.45, 2.75) is 18.9 Å². The maximum atomic E-state index is 12.0. The van der Waals surface area contributed by atoms with Gasteiger partial charge in [0.2, 0.25) is 5.91 Å². The van der Waals surface area contributed by atoms with Crippen LogP contribution in [0.4, 0.5) is 11.4 Å². The number of hydrogen-bond acceptors (Lipinski definition) is 4. The zero-order valence-electron chi connectivity index (χ0n) is 14.1. The summed E-state index contributed by atoms with van der Waals surface area (Å²) >= 11 is 5.74. The third-order valence-electron chi connectivity index (χ3n) is 3.92. The van der Waals surface area contributed by atoms with E-state index in [4.69, 9.17) is 11.6 Å². The van der Waals surface area contributed by atoms with Crippen molar-refractivity contribution >= 4 is 40.9 Å². The van der Waals surface area contributed by atoms with Crippen LogP contribution in [0.2, 0.25) is 5.02 Å². The van der Waals surface area contributed by atoms with Crippen LogP contribution in [0.3, 0.4) is 0 Å². The molecule has 0 saturated heterocycles. The van der Waals surface area contributed by atoms with Crippen molar-refractivity contribution in [2.24, 2.45) is 0 Å². The molecule has 0 aliphatic heterocycles. The Labute approximate surface area is 160 Å². The van der Waals surface area contributed by atoms with Gasteiger partial charge in [-0.3, -0.25) is 19.7 Å². The van der Waals surface area contributed by atoms with Crippen LogP contribution < -0.4 is 10.6 Å². The lowest BCUT2D eigenvalue weighted by Crippen LogP contribution is -2.25. The van der Waals surface area contributed by atoms with Gasteiger partial charge >= 0.3 is 0 Å². The number of amides is 2. The molecule has 0 radical (unpaired) electrons. The summed E-state index contributed by atoms with van der Waals surface area (Å²) in [6.07, 6.45) is 4.94. The van der Waals surface area contributed by atoms with Gasteiger partial charge in [-0.05, 0) is 48.7 Å². The average molecular weight is 386 g/mol. The van der Waals surface area contributed by atoms with Crippen molar-refractivity contribution in [3.63, 3.8) is 0 Å². The maximum Gasteiger partial charge on any atom is 0.289 e. The lowest BCUT2D eigenvalue weighted by atomic mass is 10.1. The number of hydrogen-bond donors (Lipinski definition) is 2. The number of carbonyl (C=O) groups is 2. The summed E-state index contributed by atoms with van der Waals surface area (Å²) in [5.74, 6) is -0.544. The highest BCUT2D eigenvalue weighted by molar-refractivity contribution is 6.32. The van der Waals surface area contributed by atoms with Gasteiger partial charge in [0.05, 0.1) is 4.92 Å². The Morgan fingerprint density at radius 1 is 1.15 bits per heavy atom. The van der Waals surface area contributed by atoms with Crippen molar-refractivity contribution in [2.75, 3.05) is 5.32 Å². The van der Waals surface area contributed by atoms with E-state index in [1.54, 1.807) is 30.3 Å². The van der Waals surface area contributed by atoms with Crippen LogP contribution >= 0.6 is 11.6 Å². The maximum absolute atomic E-state index is 12.0. The van der Waals surface area contributed by atoms with Crippen LogP contribution in [0, 0.1) is 10.1 Å². The van der Waals surface area contributed by atoms with Gasteiger partial charge in [-0.15, -0.1) is 0 Å². The number of nitro groups is 1. The summed E-state index contributed by atoms with van der Waals surface area (Å²) in [7, 11) is 0. The Morgan fingerprint density at radius 2 is 1.85 bits per heavy atom. The van der Waals surface area contributed by atoms with Crippen molar-refractivity contribution in [3.05, 3.63) is 74.8 Å². The molecule has 0 heterocycles. The van der Waals surface area contributed by atoms with E-state index in [0.29, 0.717) is 11.6 Å². The molecule has 1 aliphatic rings. The second-order valence-corrected chi connectivity index (χ2v) is 6.52. The van der Waals surface area contributed by atoms with Crippen LogP contribution in [-0.4, -0.2) is 22.8 Å². The van der Waals surface area contributed by atoms with E-state index in [1.807, 2.05) is 0 Å². The van der Waals surface area contributed by atoms with Crippen molar-refractivity contribution in [1.29, 1.82) is 0 Å². The topological polar surface area (TPSA) is 101 Å². The van der Waals surface area contributed by atoms with E-state index in [-0.39, 0.29) is 22.3 Å². The highest BCUT2D eigenvalue weighted by Crippen LogP contribution is 2.27. The normalized spacial score (nSPS) is 13.4. The zero-order chi connectivity index (χ0) is 19.4. The molecule has 0 spiro atoms. The highest BCUT2D eigenvalue weighted by atomic mass is 35.5. The van der Waals surface area contributed by atoms with Crippen molar-refractivity contribution in [3.8, 4) is 0 Å². The summed E-state index contributed by atoms with van der Waals surface area (Å²) in [6, 6.07) is 11.2. The van der Waals surface area contributed by atoms with Crippen molar-refractivity contribution < 1.29 is 14.5 Å². The van der Waals surface area contributed by atoms with Crippen LogP contribution in [0.15, 0.2) is 48.5 Å². The number of benzene rings is 2. The van der Waals surface area contributed by atoms with Gasteiger partial charge in [0, 0.05) is 29.4 Å². The molecule has 1 aliphatic carbocycles. The minimum Gasteiger partial charge on any atom is -0.349 e. The van der Waals surface area contributed by atoms with E-state index in [1.165, 1.54) is 24.3 Å². The van der Waals surface area contributed by atoms with Gasteiger partial charge in [-0.1, -0.05) is 23.7 Å². The zero-order valence-corrected chi connectivity index (χ0v) is 14.9. The van der Waals surface area contributed by atoms with Crippen LogP contribution in [0.1, 0.15) is 28.8 Å². The largest absolute Gasteiger partial charge is 0.349 e. The third kappa shape index (κ3) is 5.15. The molecular formula is C19H16ClN3O4. The van der Waals surface area contributed by atoms with E-state index in [0.717, 1.165) is 18.4 Å². The number of rotatable bonds is 6. The first kappa shape index (κ1) is 18.6. The standard InChI is InChI=1S/C19H16ClN3O4/c20-16-9-8-15(11-17(16)23(26)27)21-18(24)10-3-12-1-4-13(5-2-12)19(25)22-14-6-7-14/h1-5,8-11,14H,6-7H2,(H,21,24)(H,22,25)/b10-3+. The first-order chi connectivity index (χ1) is 12.9. The van der Waals surface area contributed by atoms with Crippen molar-refractivity contribution in [1.82, 2.24) is 5.32 Å². The average Bonchev–Trinajstić information content (AvgIpc) is 3.45. The summed E-state index contributed by atoms with van der Waals surface area (Å²) in [6.45, 7) is 0. The monoisotopic (exact) mass is 385 g/mol. The highest BCUT2D eigenvalue weighted by Gasteiger charge is 2.23. The fourth-order valence-corrected chi connectivity index (χ4v) is 2.51. The quantitative estimate of drug-likeness (QED) is 0.448. The van der Waals surface area contributed by atoms with E-state index in [2.05, 4.69) is 10.6 Å². The Morgan fingerprint density at radius 3 is 2.48 bits per heavy atom. The number of carbonyl (C=O) groups excluding carboxylic acids is 2. The van der Waals surface area contributed by atoms with E-state index in [9.17, 15) is 19.7 Å². The molecule has 8 heteroatoms. The SMILES string of the molecule is O=C(/C=C/c1ccc(C(=O)NC2CC2)cc1)Nc1ccc(Cl)c([N+](=O)[O-])c1. The second-order valence-electron chi connectivity index (χ2n) is 6.12. The summed E-state index contributed by atoms with van der Waals surface area (Å²) in [5.41, 5.74) is 1.30. The molecule has 27 heavy (non-hydrogen) atoms. The lowest BCUT2D eigenvalue weighted by molar-refractivity contribution is -0.384. The molecule has 0 aromatic heterocycles. The first-order valence-corrected chi connectivity index (χ1v) is 8.64. The number of anilines is 1. The van der Waals surface area contributed by atoms with Gasteiger partial charge < -0.3 is 10.6 Å². The molecule has 0 unspecified atom stereocenters. The number of nitrogens with one attached hydrogen (secondary N) is 2. The first-order valence-electron chi connectivity index (χ1n) is 8.26. The molecule has 2 aromatic rings. The molecule has 1 saturated carbocycles. The molecule has 2 N–H and O–H groups in total. The van der Waals surface area contributed by atoms with Crippen LogP contribution in [0.5, 0.6) is 0 Å². The molecule has 3 rings (SSSR count). The molecule has 2 amide bonds.